The van der Waals surface area contributed by atoms with Crippen LogP contribution in [0.4, 0.5) is 10.5 Å². The molecule has 4 rings (SSSR count). The predicted octanol–water partition coefficient (Wildman–Crippen LogP) is 2.38. The zero-order valence-electron chi connectivity index (χ0n) is 34.9. The third-order valence-electron chi connectivity index (χ3n) is 5.61. The maximum Gasteiger partial charge on any atom is 0.407 e. The molecule has 1 amide bonds. The molecule has 2 fully saturated rings. The quantitative estimate of drug-likeness (QED) is 0.355. The first-order valence-electron chi connectivity index (χ1n) is 18.9. The fraction of sp³-hybridized carbons (Fsp3) is 0.519. The van der Waals surface area contributed by atoms with Crippen molar-refractivity contribution in [2.24, 2.45) is 11.8 Å². The van der Waals surface area contributed by atoms with Gasteiger partial charge in [-0.2, -0.15) is 4.31 Å². The summed E-state index contributed by atoms with van der Waals surface area (Å²) in [4.78, 5) is 12.4. The number of amides is 1. The van der Waals surface area contributed by atoms with Crippen molar-refractivity contribution in [3.05, 3.63) is 60.2 Å². The van der Waals surface area contributed by atoms with Gasteiger partial charge in [-0.1, -0.05) is 44.0 Å². The molecule has 0 radical (unpaired) electrons. The van der Waals surface area contributed by atoms with Gasteiger partial charge in [0.15, 0.2) is 6.29 Å². The van der Waals surface area contributed by atoms with E-state index >= 15 is 0 Å². The largest absolute Gasteiger partial charge is 0.443 e. The Morgan fingerprint density at radius 1 is 1.29 bits per heavy atom. The Kier molecular flexibility index (Phi) is 4.78. The zero-order valence-corrected chi connectivity index (χ0v) is 20.7. The number of nitrogens with one attached hydrogen (secondary N) is 1. The number of aliphatic hydroxyl groups is 1. The molecule has 0 unspecified atom stereocenters. The number of alkyl carbamates (subject to hydrolysis) is 1. The van der Waals surface area contributed by atoms with E-state index < -0.39 is 101 Å². The number of carbonyl (C=O) groups excluding carboxylic acids is 1. The van der Waals surface area contributed by atoms with E-state index in [2.05, 4.69) is 0 Å². The van der Waals surface area contributed by atoms with Crippen molar-refractivity contribution >= 4 is 21.8 Å². The number of hydrogen-bond acceptors (Lipinski definition) is 8. The Morgan fingerprint density at radius 2 is 2.03 bits per heavy atom. The highest BCUT2D eigenvalue weighted by atomic mass is 32.2. The molecule has 11 heteroatoms. The van der Waals surface area contributed by atoms with Crippen LogP contribution in [-0.2, 0) is 30.7 Å². The number of fused-ring (bicyclic) bond motifs is 1. The van der Waals surface area contributed by atoms with Crippen LogP contribution in [0.3, 0.4) is 0 Å². The van der Waals surface area contributed by atoms with Gasteiger partial charge in [-0.15, -0.1) is 0 Å². The average Bonchev–Trinajstić information content (AvgIpc) is 3.53. The van der Waals surface area contributed by atoms with Gasteiger partial charge in [0.05, 0.1) is 41.6 Å². The first-order valence-corrected chi connectivity index (χ1v) is 12.8. The first-order chi connectivity index (χ1) is 23.9. The molecule has 10 nitrogen and oxygen atoms in total. The number of rotatable bonds is 11. The van der Waals surface area contributed by atoms with Gasteiger partial charge in [0.1, 0.15) is 6.08 Å². The molecule has 2 aliphatic heterocycles. The Bertz CT molecular complexity index is 1750. The summed E-state index contributed by atoms with van der Waals surface area (Å²) in [6.07, 6.45) is -10.8. The van der Waals surface area contributed by atoms with Gasteiger partial charge in [0.25, 0.3) is 0 Å². The van der Waals surface area contributed by atoms with Crippen LogP contribution in [0, 0.1) is 11.8 Å². The molecule has 2 aromatic rings. The van der Waals surface area contributed by atoms with E-state index in [0.717, 1.165) is 12.1 Å². The third kappa shape index (κ3) is 7.03. The molecular weight excluding hydrogens is 510 g/mol. The van der Waals surface area contributed by atoms with E-state index in [9.17, 15) is 18.3 Å². The fourth-order valence-corrected chi connectivity index (χ4v) is 4.85. The summed E-state index contributed by atoms with van der Waals surface area (Å²) in [5.74, 6) is -5.70. The summed E-state index contributed by atoms with van der Waals surface area (Å²) < 4.78 is 168. The number of benzene rings is 2. The number of nitrogen functional groups attached to an aromatic ring is 1. The zero-order chi connectivity index (χ0) is 40.4. The number of nitrogens with two attached hydrogens (primary N) is 1. The van der Waals surface area contributed by atoms with Crippen LogP contribution in [0.2, 0.25) is 0 Å². The van der Waals surface area contributed by atoms with Gasteiger partial charge in [0, 0.05) is 33.8 Å². The highest BCUT2D eigenvalue weighted by molar-refractivity contribution is 7.89. The molecule has 5 atom stereocenters. The molecule has 4 N–H and O–H groups in total. The second-order valence-corrected chi connectivity index (χ2v) is 10.1. The monoisotopic (exact) mass is 562 g/mol. The summed E-state index contributed by atoms with van der Waals surface area (Å²) in [6.45, 7) is -20.6. The second-order valence-electron chi connectivity index (χ2n) is 8.32. The SMILES string of the molecule is [2H]C([2H])([2H])C([2H])(C([2H])([2H])[2H])C([2H])([2H])N(C([2H])([2H])[C@]([2H])(O)[C@H](Cc1ccccc1)NC(=O)O[C@]1([2H])[C@@H]2CCO[C@@H]2OC1([2H])[2H])S(=O)(=O)c1ccc(N)cc1. The van der Waals surface area contributed by atoms with Crippen molar-refractivity contribution in [1.29, 1.82) is 0 Å². The van der Waals surface area contributed by atoms with Crippen molar-refractivity contribution in [1.82, 2.24) is 9.62 Å². The standard InChI is InChI=1S/C27H37N3O7S/c1-18(2)15-30(38(33,34)21-10-8-20(28)9-11-21)16-24(31)23(14-19-6-4-3-5-7-19)29-27(32)37-25-17-36-26-22(25)12-13-35-26/h3-11,18,22-26,31H,12-17,28H2,1-2H3,(H,29,32)/t22-,23-,24-,25-,26+/m0/s1/i1D3,2D3,15D2,16D2,17D2,18D,24D,25D. The van der Waals surface area contributed by atoms with Crippen LogP contribution in [0.15, 0.2) is 59.5 Å². The van der Waals surface area contributed by atoms with Crippen LogP contribution < -0.4 is 11.1 Å². The van der Waals surface area contributed by atoms with Gasteiger partial charge in [-0.3, -0.25) is 0 Å². The summed E-state index contributed by atoms with van der Waals surface area (Å²) in [5.41, 5.74) is 5.71. The lowest BCUT2D eigenvalue weighted by atomic mass is 10.0. The molecule has 2 saturated heterocycles. The van der Waals surface area contributed by atoms with E-state index in [0.29, 0.717) is 12.1 Å². The summed E-state index contributed by atoms with van der Waals surface area (Å²) in [5, 5.41) is 13.8. The Morgan fingerprint density at radius 3 is 2.74 bits per heavy atom. The van der Waals surface area contributed by atoms with Crippen LogP contribution in [0.5, 0.6) is 0 Å². The van der Waals surface area contributed by atoms with Crippen molar-refractivity contribution in [2.45, 2.75) is 55.9 Å². The van der Waals surface area contributed by atoms with Crippen molar-refractivity contribution in [2.75, 3.05) is 31.9 Å². The van der Waals surface area contributed by atoms with Gasteiger partial charge in [-0.25, -0.2) is 13.2 Å². The maximum atomic E-state index is 14.3. The van der Waals surface area contributed by atoms with Gasteiger partial charge >= 0.3 is 6.09 Å². The molecule has 0 spiro atoms. The highest BCUT2D eigenvalue weighted by Gasteiger charge is 2.44. The molecule has 0 aromatic heterocycles. The summed E-state index contributed by atoms with van der Waals surface area (Å²) >= 11 is 0. The van der Waals surface area contributed by atoms with Gasteiger partial charge in [0.2, 0.25) is 10.0 Å². The summed E-state index contributed by atoms with van der Waals surface area (Å²) in [6, 6.07) is 8.06. The van der Waals surface area contributed by atoms with Crippen LogP contribution in [-0.4, -0.2) is 74.6 Å². The average molecular weight is 563 g/mol. The number of sulfonamides is 1. The number of carbonyl (C=O) groups is 1. The van der Waals surface area contributed by atoms with Crippen molar-refractivity contribution < 1.29 is 53.1 Å². The first kappa shape index (κ1) is 14.6. The van der Waals surface area contributed by atoms with Crippen LogP contribution in [0.1, 0.15) is 46.2 Å². The molecular formula is C27H37N3O7S. The predicted molar refractivity (Wildman–Crippen MR) is 142 cm³/mol. The minimum absolute atomic E-state index is 0.00459. The normalized spacial score (nSPS) is 34.4. The maximum absolute atomic E-state index is 14.3. The highest BCUT2D eigenvalue weighted by Crippen LogP contribution is 2.33. The van der Waals surface area contributed by atoms with E-state index in [4.69, 9.17) is 40.5 Å². The molecule has 208 valence electrons. The third-order valence-corrected chi connectivity index (χ3v) is 7.14. The number of nitrogens with zero attached hydrogens (tertiary/aromatic N) is 1. The lowest BCUT2D eigenvalue weighted by molar-refractivity contribution is -0.0907. The van der Waals surface area contributed by atoms with Gasteiger partial charge < -0.3 is 30.4 Å². The Labute approximate surface area is 245 Å². The van der Waals surface area contributed by atoms with Crippen molar-refractivity contribution in [3.63, 3.8) is 0 Å². The molecule has 2 heterocycles. The van der Waals surface area contributed by atoms with E-state index in [1.807, 2.05) is 5.32 Å². The van der Waals surface area contributed by atoms with Crippen molar-refractivity contribution in [3.8, 4) is 0 Å². The Hall–Kier alpha value is -2.70. The molecule has 2 aliphatic rings. The smallest absolute Gasteiger partial charge is 0.407 e. The van der Waals surface area contributed by atoms with E-state index in [-0.39, 0.29) is 24.3 Å². The fourth-order valence-electron chi connectivity index (χ4n) is 3.74. The Balaban J connectivity index is 1.92. The lowest BCUT2D eigenvalue weighted by Gasteiger charge is -2.31. The summed E-state index contributed by atoms with van der Waals surface area (Å²) in [7, 11) is -5.93. The second kappa shape index (κ2) is 12.4. The van der Waals surface area contributed by atoms with Crippen LogP contribution >= 0.6 is 0 Å². The number of hydrogen-bond donors (Lipinski definition) is 3. The minimum atomic E-state index is -5.93. The van der Waals surface area contributed by atoms with Gasteiger partial charge in [-0.05, 0) is 48.6 Å². The minimum Gasteiger partial charge on any atom is -0.443 e. The molecule has 0 bridgehead atoms. The molecule has 2 aromatic carbocycles. The molecule has 0 saturated carbocycles. The van der Waals surface area contributed by atoms with E-state index in [1.165, 1.54) is 30.3 Å². The molecule has 0 aliphatic carbocycles. The van der Waals surface area contributed by atoms with E-state index in [1.54, 1.807) is 0 Å². The lowest BCUT2D eigenvalue weighted by Crippen LogP contribution is -2.51. The molecule has 38 heavy (non-hydrogen) atoms. The number of ether oxygens (including phenoxy) is 3. The van der Waals surface area contributed by atoms with Crippen LogP contribution in [0.25, 0.3) is 0 Å². The topological polar surface area (TPSA) is 140 Å². The number of anilines is 1.